The van der Waals surface area contributed by atoms with Crippen LogP contribution in [0.4, 0.5) is 0 Å². The zero-order chi connectivity index (χ0) is 19.6. The number of rotatable bonds is 9. The van der Waals surface area contributed by atoms with Crippen LogP contribution in [0.2, 0.25) is 0 Å². The van der Waals surface area contributed by atoms with Crippen LogP contribution in [0.3, 0.4) is 0 Å². The van der Waals surface area contributed by atoms with Gasteiger partial charge in [-0.05, 0) is 18.9 Å². The zero-order valence-corrected chi connectivity index (χ0v) is 16.3. The molecule has 7 heteroatoms. The molecule has 0 aliphatic heterocycles. The molecule has 0 atom stereocenters. The lowest BCUT2D eigenvalue weighted by atomic mass is 10.2. The Balaban J connectivity index is 2.38. The molecule has 0 fully saturated rings. The summed E-state index contributed by atoms with van der Waals surface area (Å²) in [5, 5.41) is 0. The number of allylic oxidation sites excluding steroid dienone is 1. The van der Waals surface area contributed by atoms with Crippen LogP contribution in [0.15, 0.2) is 42.5 Å². The Kier molecular flexibility index (Phi) is 7.88. The maximum absolute atomic E-state index is 12.2. The molecular weight excluding hydrogens is 368 g/mol. The lowest BCUT2D eigenvalue weighted by Crippen LogP contribution is -2.06. The van der Waals surface area contributed by atoms with E-state index in [1.807, 2.05) is 49.4 Å². The topological polar surface area (TPSA) is 71.1 Å². The summed E-state index contributed by atoms with van der Waals surface area (Å²) in [4.78, 5) is 24.7. The van der Waals surface area contributed by atoms with Crippen molar-refractivity contribution in [1.82, 2.24) is 0 Å². The number of carbonyl (C=O) groups is 2. The predicted molar refractivity (Wildman–Crippen MR) is 103 cm³/mol. The molecule has 1 aromatic carbocycles. The van der Waals surface area contributed by atoms with Gasteiger partial charge in [-0.2, -0.15) is 0 Å². The van der Waals surface area contributed by atoms with E-state index in [-0.39, 0.29) is 27.9 Å². The van der Waals surface area contributed by atoms with Crippen molar-refractivity contribution in [3.8, 4) is 11.5 Å². The van der Waals surface area contributed by atoms with Crippen molar-refractivity contribution in [1.29, 1.82) is 0 Å². The predicted octanol–water partition coefficient (Wildman–Crippen LogP) is 4.25. The Bertz CT molecular complexity index is 794. The highest BCUT2D eigenvalue weighted by molar-refractivity contribution is 7.16. The molecule has 0 radical (unpaired) electrons. The quantitative estimate of drug-likeness (QED) is 0.362. The standard InChI is InChI=1S/C20H22O6S/c1-4-5-9-12-25-15-16(26-13-14-10-7-6-8-11-14)18(20(22)24-3)27-17(15)19(21)23-2/h4-8,10-11H,9,12-13H2,1-3H3/b5-4-. The van der Waals surface area contributed by atoms with Gasteiger partial charge in [0.2, 0.25) is 0 Å². The Hall–Kier alpha value is -2.80. The number of ether oxygens (including phenoxy) is 4. The maximum Gasteiger partial charge on any atom is 0.352 e. The third kappa shape index (κ3) is 5.34. The Morgan fingerprint density at radius 3 is 2.11 bits per heavy atom. The first kappa shape index (κ1) is 20.5. The van der Waals surface area contributed by atoms with Crippen LogP contribution in [0.5, 0.6) is 11.5 Å². The Labute approximate surface area is 162 Å². The van der Waals surface area contributed by atoms with Gasteiger partial charge in [-0.1, -0.05) is 42.5 Å². The average Bonchev–Trinajstić information content (AvgIpc) is 3.07. The van der Waals surface area contributed by atoms with E-state index in [4.69, 9.17) is 18.9 Å². The lowest BCUT2D eigenvalue weighted by molar-refractivity contribution is 0.0591. The van der Waals surface area contributed by atoms with Crippen LogP contribution in [0, 0.1) is 0 Å². The van der Waals surface area contributed by atoms with Crippen molar-refractivity contribution in [3.05, 3.63) is 57.8 Å². The third-order valence-corrected chi connectivity index (χ3v) is 4.67. The summed E-state index contributed by atoms with van der Waals surface area (Å²) >= 11 is 0.933. The Morgan fingerprint density at radius 1 is 0.963 bits per heavy atom. The van der Waals surface area contributed by atoms with Gasteiger partial charge >= 0.3 is 11.9 Å². The second kappa shape index (κ2) is 10.4. The van der Waals surface area contributed by atoms with E-state index in [1.165, 1.54) is 14.2 Å². The average molecular weight is 390 g/mol. The number of thiophene rings is 1. The van der Waals surface area contributed by atoms with Crippen molar-refractivity contribution in [2.24, 2.45) is 0 Å². The molecule has 0 amide bonds. The highest BCUT2D eigenvalue weighted by Gasteiger charge is 2.30. The van der Waals surface area contributed by atoms with Gasteiger partial charge in [0.15, 0.2) is 21.3 Å². The number of hydrogen-bond acceptors (Lipinski definition) is 7. The normalized spacial score (nSPS) is 10.6. The SMILES string of the molecule is C/C=C\CCOc1c(C(=O)OC)sc(C(=O)OC)c1OCc1ccccc1. The van der Waals surface area contributed by atoms with Crippen LogP contribution in [0.1, 0.15) is 38.3 Å². The molecule has 2 aromatic rings. The number of benzene rings is 1. The molecule has 0 unspecified atom stereocenters. The summed E-state index contributed by atoms with van der Waals surface area (Å²) in [6, 6.07) is 9.48. The second-order valence-corrected chi connectivity index (χ2v) is 6.40. The van der Waals surface area contributed by atoms with Crippen molar-refractivity contribution in [2.45, 2.75) is 20.0 Å². The molecule has 0 saturated carbocycles. The van der Waals surface area contributed by atoms with Crippen LogP contribution >= 0.6 is 11.3 Å². The lowest BCUT2D eigenvalue weighted by Gasteiger charge is -2.11. The maximum atomic E-state index is 12.2. The molecule has 1 heterocycles. The van der Waals surface area contributed by atoms with Gasteiger partial charge in [-0.15, -0.1) is 11.3 Å². The van der Waals surface area contributed by atoms with Gasteiger partial charge < -0.3 is 18.9 Å². The van der Waals surface area contributed by atoms with Crippen molar-refractivity contribution in [3.63, 3.8) is 0 Å². The number of hydrogen-bond donors (Lipinski definition) is 0. The fraction of sp³-hybridized carbons (Fsp3) is 0.300. The Morgan fingerprint density at radius 2 is 1.56 bits per heavy atom. The summed E-state index contributed by atoms with van der Waals surface area (Å²) in [6.45, 7) is 2.45. The molecule has 0 N–H and O–H groups in total. The van der Waals surface area contributed by atoms with E-state index in [9.17, 15) is 9.59 Å². The van der Waals surface area contributed by atoms with Crippen LogP contribution in [-0.2, 0) is 16.1 Å². The molecular formula is C20H22O6S. The minimum absolute atomic E-state index is 0.162. The first-order chi connectivity index (χ1) is 13.1. The molecule has 0 aliphatic rings. The largest absolute Gasteiger partial charge is 0.488 e. The van der Waals surface area contributed by atoms with Crippen molar-refractivity contribution < 1.29 is 28.5 Å². The van der Waals surface area contributed by atoms with E-state index in [0.29, 0.717) is 13.0 Å². The van der Waals surface area contributed by atoms with Gasteiger partial charge in [0.25, 0.3) is 0 Å². The van der Waals surface area contributed by atoms with Crippen molar-refractivity contribution >= 4 is 23.3 Å². The second-order valence-electron chi connectivity index (χ2n) is 5.38. The van der Waals surface area contributed by atoms with E-state index < -0.39 is 11.9 Å². The van der Waals surface area contributed by atoms with E-state index in [1.54, 1.807) is 0 Å². The highest BCUT2D eigenvalue weighted by atomic mass is 32.1. The number of carbonyl (C=O) groups excluding carboxylic acids is 2. The molecule has 0 bridgehead atoms. The fourth-order valence-corrected chi connectivity index (χ4v) is 3.27. The molecule has 0 saturated heterocycles. The summed E-state index contributed by atoms with van der Waals surface area (Å²) < 4.78 is 21.3. The summed E-state index contributed by atoms with van der Waals surface area (Å²) in [5.74, 6) is -0.804. The molecule has 2 rings (SSSR count). The molecule has 27 heavy (non-hydrogen) atoms. The van der Waals surface area contributed by atoms with Crippen LogP contribution in [0.25, 0.3) is 0 Å². The molecule has 6 nitrogen and oxygen atoms in total. The van der Waals surface area contributed by atoms with Crippen molar-refractivity contribution in [2.75, 3.05) is 20.8 Å². The molecule has 0 aliphatic carbocycles. The molecule has 0 spiro atoms. The fourth-order valence-electron chi connectivity index (χ4n) is 2.24. The van der Waals surface area contributed by atoms with Gasteiger partial charge in [-0.3, -0.25) is 0 Å². The zero-order valence-electron chi connectivity index (χ0n) is 15.5. The van der Waals surface area contributed by atoms with E-state index >= 15 is 0 Å². The number of esters is 2. The van der Waals surface area contributed by atoms with Crippen LogP contribution in [-0.4, -0.2) is 32.8 Å². The highest BCUT2D eigenvalue weighted by Crippen LogP contribution is 2.43. The van der Waals surface area contributed by atoms with Gasteiger partial charge in [0.1, 0.15) is 6.61 Å². The van der Waals surface area contributed by atoms with Gasteiger partial charge in [-0.25, -0.2) is 9.59 Å². The monoisotopic (exact) mass is 390 g/mol. The minimum atomic E-state index is -0.600. The molecule has 144 valence electrons. The summed E-state index contributed by atoms with van der Waals surface area (Å²) in [5.41, 5.74) is 0.916. The molecule has 1 aromatic heterocycles. The smallest absolute Gasteiger partial charge is 0.352 e. The first-order valence-corrected chi connectivity index (χ1v) is 9.18. The summed E-state index contributed by atoms with van der Waals surface area (Å²) in [7, 11) is 2.54. The first-order valence-electron chi connectivity index (χ1n) is 8.36. The van der Waals surface area contributed by atoms with Gasteiger partial charge in [0.05, 0.1) is 20.8 Å². The number of methoxy groups -OCH3 is 2. The summed E-state index contributed by atoms with van der Waals surface area (Å²) in [6.07, 6.45) is 4.50. The third-order valence-electron chi connectivity index (χ3n) is 3.56. The van der Waals surface area contributed by atoms with Crippen LogP contribution < -0.4 is 9.47 Å². The minimum Gasteiger partial charge on any atom is -0.488 e. The van der Waals surface area contributed by atoms with Gasteiger partial charge in [0, 0.05) is 0 Å². The van der Waals surface area contributed by atoms with E-state index in [2.05, 4.69) is 0 Å². The van der Waals surface area contributed by atoms with E-state index in [0.717, 1.165) is 16.9 Å².